The fourth-order valence-electron chi connectivity index (χ4n) is 5.63. The highest BCUT2D eigenvalue weighted by Crippen LogP contribution is 2.56. The average Bonchev–Trinajstić information content (AvgIpc) is 3.75. The monoisotopic (exact) mass is 710 g/mol. The molecule has 47 heavy (non-hydrogen) atoms. The molecule has 0 aliphatic carbocycles. The van der Waals surface area contributed by atoms with Crippen LogP contribution in [0.4, 0.5) is 16.2 Å². The summed E-state index contributed by atoms with van der Waals surface area (Å²) in [5, 5.41) is 0. The normalized spacial score (nSPS) is 38.1. The van der Waals surface area contributed by atoms with Crippen molar-refractivity contribution in [2.45, 2.75) is 48.5 Å². The number of nitrogen functional groups attached to an aromatic ring is 2. The van der Waals surface area contributed by atoms with Crippen LogP contribution in [0.1, 0.15) is 12.5 Å². The number of hydrogen-bond acceptors (Lipinski definition) is 17. The zero-order valence-electron chi connectivity index (χ0n) is 23.9. The van der Waals surface area contributed by atoms with Gasteiger partial charge in [-0.2, -0.15) is 4.98 Å². The number of anilines is 2. The van der Waals surface area contributed by atoms with Crippen molar-refractivity contribution in [3.05, 3.63) is 29.3 Å². The minimum atomic E-state index is -4.67. The lowest BCUT2D eigenvalue weighted by Gasteiger charge is -2.34. The molecule has 9 unspecified atom stereocenters. The molecule has 3 saturated heterocycles. The number of hydrogen-bond donors (Lipinski definition) is 4. The molecule has 3 fully saturated rings. The number of methoxy groups -OCH3 is 1. The summed E-state index contributed by atoms with van der Waals surface area (Å²) < 4.78 is 72.1. The van der Waals surface area contributed by atoms with Gasteiger partial charge >= 0.3 is 6.72 Å². The Morgan fingerprint density at radius 1 is 1.15 bits per heavy atom. The summed E-state index contributed by atoms with van der Waals surface area (Å²) in [5.74, 6) is -0.200. The first-order chi connectivity index (χ1) is 22.2. The lowest BCUT2D eigenvalue weighted by molar-refractivity contribution is -0.0763. The second-order valence-corrected chi connectivity index (χ2v) is 15.0. The van der Waals surface area contributed by atoms with Crippen molar-refractivity contribution in [1.29, 1.82) is 0 Å². The third kappa shape index (κ3) is 5.70. The fourth-order valence-corrected chi connectivity index (χ4v) is 8.07. The smallest absolute Gasteiger partial charge is 0.325 e. The first-order valence-electron chi connectivity index (χ1n) is 13.5. The van der Waals surface area contributed by atoms with Crippen LogP contribution in [0.15, 0.2) is 23.8 Å². The van der Waals surface area contributed by atoms with Crippen LogP contribution in [0.3, 0.4) is 0 Å². The van der Waals surface area contributed by atoms with Gasteiger partial charge in [-0.1, -0.05) is 0 Å². The van der Waals surface area contributed by atoms with Gasteiger partial charge in [-0.3, -0.25) is 28.0 Å². The number of alkyl halides is 1. The predicted molar refractivity (Wildman–Crippen MR) is 162 cm³/mol. The Morgan fingerprint density at radius 2 is 1.87 bits per heavy atom. The van der Waals surface area contributed by atoms with Crippen LogP contribution in [0, 0.1) is 0 Å². The van der Waals surface area contributed by atoms with E-state index in [-0.39, 0.29) is 34.1 Å². The number of rotatable bonds is 3. The van der Waals surface area contributed by atoms with Crippen molar-refractivity contribution < 1.29 is 46.2 Å². The molecule has 4 aromatic rings. The Hall–Kier alpha value is -2.88. The summed E-state index contributed by atoms with van der Waals surface area (Å²) in [4.78, 5) is 46.2. The Labute approximate surface area is 270 Å². The third-order valence-corrected chi connectivity index (χ3v) is 10.3. The second kappa shape index (κ2) is 11.6. The highest BCUT2D eigenvalue weighted by Gasteiger charge is 2.58. The first-order valence-corrected chi connectivity index (χ1v) is 17.7. The molecule has 6 N–H and O–H groups in total. The van der Waals surface area contributed by atoms with E-state index in [1.165, 1.54) is 28.9 Å². The maximum atomic E-state index is 16.2. The zero-order valence-corrected chi connectivity index (χ0v) is 26.5. The number of nitrogens with two attached hydrogens (primary N) is 2. The lowest BCUT2D eigenvalue weighted by Crippen LogP contribution is -2.48. The average molecular weight is 710 g/mol. The summed E-state index contributed by atoms with van der Waals surface area (Å²) in [6.07, 6.45) is -6.97. The van der Waals surface area contributed by atoms with Crippen molar-refractivity contribution in [3.8, 4) is 0 Å². The molecule has 10 atom stereocenters. The van der Waals surface area contributed by atoms with E-state index in [1.807, 2.05) is 0 Å². The van der Waals surface area contributed by atoms with Gasteiger partial charge in [-0.15, -0.1) is 0 Å². The first kappa shape index (κ1) is 32.7. The number of imidazole rings is 2. The fraction of sp³-hybridized carbons (Fsp3) is 0.524. The SMILES string of the molecule is [B]C12COP(O)(=S)OC3C(OC)C(CO[P@]([B])(=O)OC1C(F)C(n1cnc4c(N)ncnc41)O2)OC3n1cnc2c(=O)[nH]c(N)nc21. The van der Waals surface area contributed by atoms with Gasteiger partial charge in [-0.05, 0) is 11.8 Å². The number of H-pyrrole nitrogens is 1. The van der Waals surface area contributed by atoms with Crippen LogP contribution >= 0.6 is 14.2 Å². The maximum Gasteiger partial charge on any atom is 0.325 e. The highest BCUT2D eigenvalue weighted by atomic mass is 32.5. The van der Waals surface area contributed by atoms with Gasteiger partial charge in [0.1, 0.15) is 44.1 Å². The number of fused-ring (bicyclic) bond motifs is 5. The second-order valence-electron chi connectivity index (χ2n) is 10.7. The van der Waals surface area contributed by atoms with E-state index in [0.717, 1.165) is 6.33 Å². The number of aromatic amines is 1. The third-order valence-electron chi connectivity index (χ3n) is 7.71. The van der Waals surface area contributed by atoms with Gasteiger partial charge in [0.25, 0.3) is 13.0 Å². The van der Waals surface area contributed by atoms with E-state index in [9.17, 15) is 14.3 Å². The molecule has 3 aliphatic rings. The molecular formula is C21H23B2FN10O10P2S. The molecule has 20 nitrogen and oxygen atoms in total. The summed E-state index contributed by atoms with van der Waals surface area (Å²) in [6.45, 7) is -5.79. The highest BCUT2D eigenvalue weighted by molar-refractivity contribution is 8.07. The molecule has 246 valence electrons. The molecule has 4 aromatic heterocycles. The van der Waals surface area contributed by atoms with Gasteiger partial charge in [-0.25, -0.2) is 24.3 Å². The minimum absolute atomic E-state index is 0.00966. The molecular weight excluding hydrogens is 687 g/mol. The van der Waals surface area contributed by atoms with E-state index in [1.54, 1.807) is 0 Å². The number of aromatic nitrogens is 8. The maximum absolute atomic E-state index is 16.2. The van der Waals surface area contributed by atoms with E-state index in [4.69, 9.17) is 71.0 Å². The molecule has 7 heterocycles. The number of halogens is 1. The molecule has 0 spiro atoms. The van der Waals surface area contributed by atoms with Crippen molar-refractivity contribution in [2.75, 3.05) is 31.8 Å². The molecule has 0 saturated carbocycles. The van der Waals surface area contributed by atoms with E-state index >= 15 is 4.39 Å². The summed E-state index contributed by atoms with van der Waals surface area (Å²) in [7, 11) is 9.02. The Balaban J connectivity index is 1.24. The summed E-state index contributed by atoms with van der Waals surface area (Å²) in [6, 6.07) is 0. The molecule has 0 amide bonds. The molecule has 7 rings (SSSR count). The molecule has 2 bridgehead atoms. The quantitative estimate of drug-likeness (QED) is 0.148. The standard InChI is InChI=1S/C21H23B2FN10O10P2S/c1-38-11-7-2-39-45(23,36)44-13-8(24)18(33-5-29-9-14(25)27-4-28-15(9)33)42-21(13,22)3-40-46(37,47)43-12(11)19(41-7)34-6-30-10-16(34)31-20(26)32-17(10)35/h4-8,11-13,18-19H,2-3H2,1H3,(H,37,47)(H2,25,27,28)(H3,26,31,32,35)/t7?,8?,11?,12?,13?,18?,19?,21?,45-,46?/m0/s1. The molecule has 3 aliphatic heterocycles. The van der Waals surface area contributed by atoms with E-state index in [2.05, 4.69) is 29.9 Å². The van der Waals surface area contributed by atoms with Crippen LogP contribution in [0.5, 0.6) is 0 Å². The van der Waals surface area contributed by atoms with Gasteiger partial charge in [0.05, 0.1) is 31.4 Å². The van der Waals surface area contributed by atoms with Crippen LogP contribution < -0.4 is 17.0 Å². The Morgan fingerprint density at radius 3 is 2.62 bits per heavy atom. The number of ether oxygens (including phenoxy) is 3. The van der Waals surface area contributed by atoms with Crippen LogP contribution in [0.25, 0.3) is 22.3 Å². The van der Waals surface area contributed by atoms with Gasteiger partial charge in [0.2, 0.25) is 13.5 Å². The van der Waals surface area contributed by atoms with Crippen LogP contribution in [-0.4, -0.2) is 116 Å². The Kier molecular flexibility index (Phi) is 8.08. The molecule has 0 aromatic carbocycles. The van der Waals surface area contributed by atoms with Crippen molar-refractivity contribution in [1.82, 2.24) is 39.0 Å². The minimum Gasteiger partial charge on any atom is -0.382 e. The number of nitrogens with one attached hydrogen (secondary N) is 1. The van der Waals surface area contributed by atoms with Crippen molar-refractivity contribution in [2.24, 2.45) is 0 Å². The van der Waals surface area contributed by atoms with E-state index < -0.39 is 81.5 Å². The van der Waals surface area contributed by atoms with Gasteiger partial charge in [0.15, 0.2) is 41.3 Å². The summed E-state index contributed by atoms with van der Waals surface area (Å²) in [5.41, 5.74) is 8.80. The van der Waals surface area contributed by atoms with Crippen LogP contribution in [-0.2, 0) is 48.7 Å². The number of nitrogens with zero attached hydrogens (tertiary/aromatic N) is 7. The van der Waals surface area contributed by atoms with E-state index in [0.29, 0.717) is 0 Å². The topological polar surface area (TPSA) is 261 Å². The largest absolute Gasteiger partial charge is 0.382 e. The van der Waals surface area contributed by atoms with Crippen molar-refractivity contribution in [3.63, 3.8) is 0 Å². The molecule has 4 radical (unpaired) electrons. The van der Waals surface area contributed by atoms with Gasteiger partial charge in [0, 0.05) is 7.11 Å². The lowest BCUT2D eigenvalue weighted by atomic mass is 9.77. The van der Waals surface area contributed by atoms with Crippen molar-refractivity contribution >= 4 is 75.5 Å². The summed E-state index contributed by atoms with van der Waals surface area (Å²) >= 11 is 5.30. The Bertz CT molecular complexity index is 2030. The zero-order chi connectivity index (χ0) is 33.5. The van der Waals surface area contributed by atoms with Gasteiger partial charge < -0.3 is 44.1 Å². The van der Waals surface area contributed by atoms with Crippen LogP contribution in [0.2, 0.25) is 0 Å². The molecule has 26 heteroatoms. The predicted octanol–water partition coefficient (Wildman–Crippen LogP) is -0.921.